The molecule has 0 aliphatic rings. The van der Waals surface area contributed by atoms with E-state index in [9.17, 15) is 54.3 Å². The lowest BCUT2D eigenvalue weighted by molar-refractivity contribution is 0.102. The Morgan fingerprint density at radius 1 is 0.521 bits per heavy atom. The predicted molar refractivity (Wildman–Crippen MR) is 268 cm³/mol. The van der Waals surface area contributed by atoms with Gasteiger partial charge in [0.2, 0.25) is 0 Å². The highest BCUT2D eigenvalue weighted by Gasteiger charge is 2.32. The van der Waals surface area contributed by atoms with Crippen molar-refractivity contribution in [3.8, 4) is 0 Å². The normalized spacial score (nSPS) is 11.0. The molecule has 376 valence electrons. The molecule has 0 bridgehead atoms. The molecule has 0 saturated heterocycles. The van der Waals surface area contributed by atoms with E-state index in [4.69, 9.17) is 34.3 Å². The zero-order chi connectivity index (χ0) is 52.2. The maximum absolute atomic E-state index is 13.4. The topological polar surface area (TPSA) is 310 Å². The summed E-state index contributed by atoms with van der Waals surface area (Å²) in [5.74, 6) is -0.118. The van der Waals surface area contributed by atoms with Gasteiger partial charge < -0.3 is 64.3 Å². The van der Waals surface area contributed by atoms with Gasteiger partial charge in [-0.25, -0.2) is 43.6 Å². The number of benzene rings is 1. The van der Waals surface area contributed by atoms with Gasteiger partial charge in [0.05, 0.1) is 34.1 Å². The third-order valence-electron chi connectivity index (χ3n) is 11.1. The van der Waals surface area contributed by atoms with Crippen molar-refractivity contribution in [3.05, 3.63) is 91.1 Å². The number of rotatable bonds is 19. The molecule has 25 nitrogen and oxygen atoms in total. The highest BCUT2D eigenvalue weighted by molar-refractivity contribution is 6.18. The molecule has 6 aromatic rings. The zero-order valence-corrected chi connectivity index (χ0v) is 40.3. The Bertz CT molecular complexity index is 3000. The minimum Gasteiger partial charge on any atom is -0.465 e. The summed E-state index contributed by atoms with van der Waals surface area (Å²) in [6, 6.07) is 13.5. The number of anilines is 11. The first-order valence-corrected chi connectivity index (χ1v) is 22.2. The van der Waals surface area contributed by atoms with E-state index in [-0.39, 0.29) is 76.2 Å². The van der Waals surface area contributed by atoms with Crippen molar-refractivity contribution in [1.82, 2.24) is 22.8 Å². The Labute approximate surface area is 414 Å². The maximum atomic E-state index is 13.4. The summed E-state index contributed by atoms with van der Waals surface area (Å²) in [6.07, 6.45) is -0.713. The summed E-state index contributed by atoms with van der Waals surface area (Å²) in [7, 11) is 7.41. The lowest BCUT2D eigenvalue weighted by Crippen LogP contribution is -2.33. The summed E-state index contributed by atoms with van der Waals surface area (Å²) in [6.45, 7) is 0.951. The van der Waals surface area contributed by atoms with Gasteiger partial charge in [-0.3, -0.25) is 15.1 Å². The molecule has 0 saturated carbocycles. The van der Waals surface area contributed by atoms with E-state index in [1.165, 1.54) is 119 Å². The number of amidine groups is 1. The molecule has 5 aromatic heterocycles. The first-order chi connectivity index (χ1) is 33.6. The van der Waals surface area contributed by atoms with Gasteiger partial charge in [-0.15, -0.1) is 23.2 Å². The van der Waals surface area contributed by atoms with Gasteiger partial charge in [0.25, 0.3) is 5.91 Å². The van der Waals surface area contributed by atoms with Crippen LogP contribution in [0.15, 0.2) is 85.6 Å². The SMILES string of the molecule is Cn1cc(N(C(=O)O)c2cc(N(C(=O)O)c3cc(N(C(=O)O)c4cc(N(C(=O)O)c5cc(C(=O)Nc6ccc(N(CCCl)CCCl)cc6)cn5C)cn4C)cn3C)cn2C)cc1N(CCC(=N)N)C(=O)O. The standard InChI is InChI=1S/C44H50Cl2N14O11/c1-50-21-26(39(61)49-27-6-8-28(9-7-27)55(14-11-45)15-12-46)16-35(50)57(41(64)65)30-18-37(52(3)23-30)59(43(68)69)32-20-38(54(5)25-32)60(44(70)71)31-19-36(53(4)24-31)58(42(66)67)29-17-34(51(2)22-29)56(40(62)63)13-10-33(47)48/h6-9,16-25H,10-15H2,1-5H3,(H3,47,48)(H,49,61)(H,62,63)(H,64,65)(H,66,67)(H,68,69)(H,70,71). The third kappa shape index (κ3) is 10.9. The van der Waals surface area contributed by atoms with Crippen molar-refractivity contribution in [1.29, 1.82) is 5.41 Å². The van der Waals surface area contributed by atoms with Crippen molar-refractivity contribution >= 4 is 129 Å². The lowest BCUT2D eigenvalue weighted by atomic mass is 10.2. The van der Waals surface area contributed by atoms with Crippen LogP contribution in [-0.4, -0.2) is 122 Å². The van der Waals surface area contributed by atoms with Crippen molar-refractivity contribution in [2.75, 3.05) is 66.1 Å². The van der Waals surface area contributed by atoms with Crippen LogP contribution in [0.5, 0.6) is 0 Å². The largest absolute Gasteiger partial charge is 0.465 e. The van der Waals surface area contributed by atoms with Gasteiger partial charge in [-0.1, -0.05) is 0 Å². The monoisotopic (exact) mass is 1020 g/mol. The van der Waals surface area contributed by atoms with E-state index >= 15 is 0 Å². The number of aromatic nitrogens is 5. The Kier molecular flexibility index (Phi) is 15.5. The van der Waals surface area contributed by atoms with Crippen molar-refractivity contribution in [2.24, 2.45) is 41.0 Å². The van der Waals surface area contributed by atoms with Gasteiger partial charge in [-0.05, 0) is 30.3 Å². The van der Waals surface area contributed by atoms with Crippen LogP contribution >= 0.6 is 23.2 Å². The molecule has 0 aliphatic carbocycles. The van der Waals surface area contributed by atoms with Crippen LogP contribution in [-0.2, 0) is 35.2 Å². The molecule has 0 spiro atoms. The zero-order valence-electron chi connectivity index (χ0n) is 38.8. The van der Waals surface area contributed by atoms with Gasteiger partial charge in [-0.2, -0.15) is 0 Å². The summed E-state index contributed by atoms with van der Waals surface area (Å²) < 4.78 is 6.78. The molecule has 6 amide bonds. The van der Waals surface area contributed by atoms with E-state index in [1.54, 1.807) is 12.1 Å². The highest BCUT2D eigenvalue weighted by atomic mass is 35.5. The number of carboxylic acid groups (broad SMARTS) is 5. The minimum absolute atomic E-state index is 0.00889. The number of carbonyl (C=O) groups is 6. The van der Waals surface area contributed by atoms with Gasteiger partial charge >= 0.3 is 30.5 Å². The average Bonchev–Trinajstić information content (AvgIpc) is 4.11. The van der Waals surface area contributed by atoms with Crippen LogP contribution in [0.25, 0.3) is 0 Å². The minimum atomic E-state index is -1.54. The molecule has 0 atom stereocenters. The molecular formula is C44H50Cl2N14O11. The summed E-state index contributed by atoms with van der Waals surface area (Å²) in [5, 5.41) is 62.4. The maximum Gasteiger partial charge on any atom is 0.417 e. The predicted octanol–water partition coefficient (Wildman–Crippen LogP) is 7.99. The van der Waals surface area contributed by atoms with E-state index in [0.717, 1.165) is 30.2 Å². The number of carbonyl (C=O) groups excluding carboxylic acids is 1. The van der Waals surface area contributed by atoms with E-state index in [2.05, 4.69) is 5.32 Å². The average molecular weight is 1020 g/mol. The highest BCUT2D eigenvalue weighted by Crippen LogP contribution is 2.40. The smallest absolute Gasteiger partial charge is 0.417 e. The number of aryl methyl sites for hydroxylation is 5. The van der Waals surface area contributed by atoms with Crippen molar-refractivity contribution < 1.29 is 54.3 Å². The molecule has 71 heavy (non-hydrogen) atoms. The lowest BCUT2D eigenvalue weighted by Gasteiger charge is -2.23. The van der Waals surface area contributed by atoms with Gasteiger partial charge in [0.15, 0.2) is 0 Å². The molecule has 9 N–H and O–H groups in total. The Hall–Kier alpha value is -8.71. The molecule has 0 fully saturated rings. The second-order valence-corrected chi connectivity index (χ2v) is 16.7. The van der Waals surface area contributed by atoms with Crippen molar-refractivity contribution in [2.45, 2.75) is 6.42 Å². The van der Waals surface area contributed by atoms with Crippen LogP contribution < -0.4 is 40.4 Å². The number of nitrogens with zero attached hydrogens (tertiary/aromatic N) is 11. The summed E-state index contributed by atoms with van der Waals surface area (Å²) in [5.41, 5.74) is 6.73. The first-order valence-electron chi connectivity index (χ1n) is 21.1. The second-order valence-electron chi connectivity index (χ2n) is 15.9. The number of amides is 6. The Balaban J connectivity index is 1.29. The number of halogens is 2. The number of hydrogen-bond donors (Lipinski definition) is 8. The Morgan fingerprint density at radius 2 is 0.873 bits per heavy atom. The van der Waals surface area contributed by atoms with Crippen molar-refractivity contribution in [3.63, 3.8) is 0 Å². The number of hydrogen-bond acceptors (Lipinski definition) is 8. The first kappa shape index (κ1) is 51.7. The molecule has 0 radical (unpaired) electrons. The number of nitrogens with two attached hydrogens (primary N) is 1. The second kappa shape index (κ2) is 21.3. The van der Waals surface area contributed by atoms with Crippen LogP contribution in [0.2, 0.25) is 0 Å². The molecule has 27 heteroatoms. The molecule has 0 aliphatic heterocycles. The number of nitrogens with one attached hydrogen (secondary N) is 2. The third-order valence-corrected chi connectivity index (χ3v) is 11.5. The fourth-order valence-electron chi connectivity index (χ4n) is 7.90. The Morgan fingerprint density at radius 3 is 1.23 bits per heavy atom. The van der Waals surface area contributed by atoms with Gasteiger partial charge in [0.1, 0.15) is 29.1 Å². The van der Waals surface area contributed by atoms with E-state index in [1.807, 2.05) is 17.0 Å². The van der Waals surface area contributed by atoms with E-state index in [0.29, 0.717) is 30.5 Å². The summed E-state index contributed by atoms with van der Waals surface area (Å²) in [4.78, 5) is 83.6. The molecule has 1 aromatic carbocycles. The van der Waals surface area contributed by atoms with Crippen LogP contribution in [0.3, 0.4) is 0 Å². The quantitative estimate of drug-likeness (QED) is 0.0217. The number of alkyl halides is 2. The summed E-state index contributed by atoms with van der Waals surface area (Å²) >= 11 is 11.9. The molecule has 0 unspecified atom stereocenters. The van der Waals surface area contributed by atoms with Crippen LogP contribution in [0.1, 0.15) is 16.8 Å². The molecule has 5 heterocycles. The fourth-order valence-corrected chi connectivity index (χ4v) is 8.31. The van der Waals surface area contributed by atoms with Gasteiger partial charge in [0, 0.05) is 140 Å². The molecular weight excluding hydrogens is 971 g/mol. The molecule has 6 rings (SSSR count). The van der Waals surface area contributed by atoms with Crippen LogP contribution in [0.4, 0.5) is 87.2 Å². The van der Waals surface area contributed by atoms with Crippen LogP contribution in [0, 0.1) is 5.41 Å². The van der Waals surface area contributed by atoms with E-state index < -0.39 is 36.4 Å². The fraction of sp³-hybridized carbons (Fsp3) is 0.250.